The third-order valence-electron chi connectivity index (χ3n) is 21.4. The summed E-state index contributed by atoms with van der Waals surface area (Å²) < 4.78 is 96.2. The first kappa shape index (κ1) is 88.4. The summed E-state index contributed by atoms with van der Waals surface area (Å²) in [6.07, 6.45) is 24.0. The first-order valence-electron chi connectivity index (χ1n) is 48.6. The van der Waals surface area contributed by atoms with E-state index in [1.807, 2.05) is 88.2 Å². The number of hydrogen-bond donors (Lipinski definition) is 5. The average Bonchev–Trinajstić information content (AvgIpc) is 1.21. The maximum atomic E-state index is 11.6. The number of carbonyl (C=O) groups excluding carboxylic acids is 7. The van der Waals surface area contributed by atoms with Crippen molar-refractivity contribution in [3.8, 4) is 11.5 Å². The number of carbonyl (C=O) groups is 7. The maximum absolute atomic E-state index is 11.6. The number of aromatic nitrogens is 8. The van der Waals surface area contributed by atoms with Crippen molar-refractivity contribution in [1.82, 2.24) is 56.4 Å². The second kappa shape index (κ2) is 64.7. The number of nitrogens with two attached hydrogens (primary N) is 1. The van der Waals surface area contributed by atoms with Crippen LogP contribution in [0.5, 0.6) is 11.5 Å². The predicted octanol–water partition coefficient (Wildman–Crippen LogP) is 21.2. The number of benzene rings is 4. The highest BCUT2D eigenvalue weighted by Crippen LogP contribution is 2.31. The van der Waals surface area contributed by atoms with E-state index in [4.69, 9.17) is 108 Å². The van der Waals surface area contributed by atoms with Gasteiger partial charge in [-0.15, -0.1) is 68.2 Å². The molecule has 6 fully saturated rings. The van der Waals surface area contributed by atoms with Gasteiger partial charge in [-0.25, -0.2) is 19.0 Å². The Labute approximate surface area is 768 Å². The number of aromatic hydroxyl groups is 1. The number of phenols is 1. The standard InChI is InChI=1S/C21H28N4O2.C14H17NO3.C14H19NO2.C11H19ClN4.C11H20ClNO.C10H10O2.C6H13N.C5H8Cl2O.CH2Cl2/c26-19-11-9-17-15-20(12-10-16(17)14-19)27-13-5-4-8-21-22-23-24-25(21)18-6-2-1-3-7-18;16-13-8-6-12(7-9-13)15-14(17)18-10-11-4-2-1-3-5-11;16-14(15-13-9-5-2-6-10-13)17-11-12-7-3-1-4-8-12;12-9-5-4-8-11-13-14-15-16(11)10-6-2-1-3-7-10;12-9-5-4-8-11(14)13-10-6-2-1-3-7-10;11-9-3-1-7-5-10(12)4-2-8(7)6-9;7-6-4-2-1-3-5-6;6-4-2-1-3-5(7)8;2-1-3/h10,12,15,18H,1-9,11,13-14H2;1-5,12H,6-10H2,(H,15,17);1,3-4,7-8,13H,2,5-6,9-11H2,(H,15,16);10H,1-9H2;10H,1-9H2,(H,13,14);1,3,6,11H,2,4-5H2;6H,1-5,7H2;1-4H2;1H2/i1D2;;2D2;2*1D2;;1D2;;. The number of ether oxygens (including phenoxy) is 3. The number of Topliss-reactive ketones (excluding diaryl/α,β-unsaturated/α-hetero) is 3. The van der Waals surface area contributed by atoms with Crippen LogP contribution in [0, 0.1) is 0 Å². The van der Waals surface area contributed by atoms with Gasteiger partial charge in [0.05, 0.1) is 24.0 Å². The van der Waals surface area contributed by atoms with E-state index in [0.717, 1.165) is 186 Å². The molecule has 4 aromatic carbocycles. The molecule has 6 N–H and O–H groups in total. The molecular weight excluding hydrogens is 1670 g/mol. The van der Waals surface area contributed by atoms with E-state index in [1.165, 1.54) is 5.56 Å². The molecule has 29 heteroatoms. The normalized spacial score (nSPS) is 20.1. The number of unbranched alkanes of at least 4 members (excludes halogenated alkanes) is 4. The molecule has 3 amide bonds. The molecule has 6 aromatic rings. The molecule has 0 bridgehead atoms. The van der Waals surface area contributed by atoms with Crippen molar-refractivity contribution in [2.45, 2.75) is 351 Å². The molecule has 8 aliphatic rings. The number of rotatable bonds is 27. The van der Waals surface area contributed by atoms with E-state index in [-0.39, 0.29) is 71.7 Å². The zero-order chi connectivity index (χ0) is 96.4. The number of halogens is 6. The fourth-order valence-corrected chi connectivity index (χ4v) is 15.1. The number of phenolic OH excluding ortho intramolecular Hbond substituents is 1. The number of tetrazole rings is 2. The minimum atomic E-state index is -1.08. The van der Waals surface area contributed by atoms with Gasteiger partial charge in [-0.2, -0.15) is 0 Å². The molecule has 0 atom stereocenters. The van der Waals surface area contributed by atoms with Gasteiger partial charge in [0, 0.05) is 120 Å². The van der Waals surface area contributed by atoms with Crippen LogP contribution in [0.15, 0.2) is 97.1 Å². The summed E-state index contributed by atoms with van der Waals surface area (Å²) in [6.45, 7) is 1.18. The Morgan fingerprint density at radius 1 is 0.459 bits per heavy atom. The monoisotopic (exact) mass is 1820 g/mol. The van der Waals surface area contributed by atoms with Gasteiger partial charge in [-0.3, -0.25) is 24.0 Å². The lowest BCUT2D eigenvalue weighted by atomic mass is 9.91. The molecule has 14 rings (SSSR count). The molecule has 0 aliphatic heterocycles. The van der Waals surface area contributed by atoms with Crippen molar-refractivity contribution in [1.29, 1.82) is 0 Å². The van der Waals surface area contributed by atoms with Gasteiger partial charge >= 0.3 is 12.2 Å². The van der Waals surface area contributed by atoms with Gasteiger partial charge in [0.2, 0.25) is 11.1 Å². The highest BCUT2D eigenvalue weighted by molar-refractivity contribution is 6.63. The topological polar surface area (TPSA) is 317 Å². The Kier molecular flexibility index (Phi) is 46.9. The van der Waals surface area contributed by atoms with Crippen molar-refractivity contribution in [3.63, 3.8) is 0 Å². The third kappa shape index (κ3) is 45.8. The number of alkyl carbamates (subject to hydrolysis) is 2. The number of ketones is 3. The largest absolute Gasteiger partial charge is 0.508 e. The van der Waals surface area contributed by atoms with Crippen molar-refractivity contribution < 1.29 is 66.6 Å². The fourth-order valence-electron chi connectivity index (χ4n) is 14.4. The summed E-state index contributed by atoms with van der Waals surface area (Å²) in [6, 6.07) is 31.4. The fraction of sp³-hybridized carbons (Fsp3) is 0.645. The van der Waals surface area contributed by atoms with Gasteiger partial charge in [-0.1, -0.05) is 169 Å². The number of hydrogen-bond acceptors (Lipinski definition) is 18. The molecule has 0 unspecified atom stereocenters. The van der Waals surface area contributed by atoms with Crippen LogP contribution in [0.1, 0.15) is 334 Å². The van der Waals surface area contributed by atoms with Gasteiger partial charge in [0.1, 0.15) is 42.1 Å². The lowest BCUT2D eigenvalue weighted by molar-refractivity contribution is -0.122. The van der Waals surface area contributed by atoms with Crippen LogP contribution in [0.4, 0.5) is 9.59 Å². The summed E-state index contributed by atoms with van der Waals surface area (Å²) in [5.74, 6) is 5.84. The second-order valence-corrected chi connectivity index (χ2v) is 33.3. The molecule has 0 radical (unpaired) electrons. The van der Waals surface area contributed by atoms with E-state index in [1.54, 1.807) is 12.1 Å². The van der Waals surface area contributed by atoms with E-state index < -0.39 is 44.1 Å². The molecule has 6 saturated carbocycles. The number of alkyl halides is 5. The SMILES string of the molecule is ClCCl.O=C(Cl)CCCCCl.O=C1CCC(NC(=O)OCc2ccccc2)CC1.O=C1CCc2cc(O)ccc2C1.[2H]C1([2H])CCC(N)CC1.[2H]C1([2H])CCC(NC(=O)CCCCCl)CC1.[2H]C1([2H])CCC(NC(=O)OCc2ccccc2)CC1.[2H]C1([2H])CCC(n2nnnc2CCCCCl)CC1.[2H]C1([2H])CCC(n2nnnc2CCCCOc2ccc3c(c2)CCC(=O)C3)CC1. The number of fused-ring (bicyclic) bond motifs is 2. The summed E-state index contributed by atoms with van der Waals surface area (Å²) in [4.78, 5) is 78.4. The number of nitrogens with one attached hydrogen (secondary N) is 3. The maximum Gasteiger partial charge on any atom is 0.407 e. The van der Waals surface area contributed by atoms with Crippen LogP contribution in [0.25, 0.3) is 0 Å². The second-order valence-electron chi connectivity index (χ2n) is 31.0. The van der Waals surface area contributed by atoms with Crippen molar-refractivity contribution >= 4 is 110 Å². The van der Waals surface area contributed by atoms with Crippen molar-refractivity contribution in [2.24, 2.45) is 5.73 Å². The third-order valence-corrected chi connectivity index (χ3v) is 22.3. The zero-order valence-corrected chi connectivity index (χ0v) is 75.3. The lowest BCUT2D eigenvalue weighted by Gasteiger charge is -2.22. The van der Waals surface area contributed by atoms with Crippen LogP contribution < -0.4 is 26.4 Å². The van der Waals surface area contributed by atoms with Gasteiger partial charge in [0.25, 0.3) is 0 Å². The quantitative estimate of drug-likeness (QED) is 0.0182. The molecule has 23 nitrogen and oxygen atoms in total. The summed E-state index contributed by atoms with van der Waals surface area (Å²) in [5, 5.41) is 41.7. The van der Waals surface area contributed by atoms with E-state index in [0.29, 0.717) is 170 Å². The van der Waals surface area contributed by atoms with E-state index >= 15 is 0 Å². The predicted molar refractivity (Wildman–Crippen MR) is 487 cm³/mol. The number of amides is 3. The summed E-state index contributed by atoms with van der Waals surface area (Å²) in [5.41, 5.74) is 12.1. The molecule has 122 heavy (non-hydrogen) atoms. The Balaban J connectivity index is 0.000000237. The Bertz CT molecular complexity index is 4330. The van der Waals surface area contributed by atoms with Gasteiger partial charge in [0.15, 0.2) is 11.6 Å². The summed E-state index contributed by atoms with van der Waals surface area (Å²) >= 11 is 31.1. The first-order valence-corrected chi connectivity index (χ1v) is 46.7. The molecule has 8 aliphatic carbocycles. The molecule has 2 aromatic heterocycles. The Morgan fingerprint density at radius 3 is 1.33 bits per heavy atom. The van der Waals surface area contributed by atoms with E-state index in [9.17, 15) is 33.6 Å². The highest BCUT2D eigenvalue weighted by atomic mass is 35.5. The minimum absolute atomic E-state index is 0.0344. The minimum Gasteiger partial charge on any atom is -0.508 e. The molecule has 0 saturated heterocycles. The van der Waals surface area contributed by atoms with Gasteiger partial charge < -0.3 is 41.0 Å². The molecule has 2 heterocycles. The lowest BCUT2D eigenvalue weighted by Crippen LogP contribution is -2.37. The van der Waals surface area contributed by atoms with Crippen molar-refractivity contribution in [3.05, 3.63) is 142 Å². The Hall–Kier alpha value is -6.99. The first-order chi connectivity index (χ1) is 63.0. The van der Waals surface area contributed by atoms with Crippen LogP contribution in [0.2, 0.25) is 0 Å². The van der Waals surface area contributed by atoms with Crippen LogP contribution in [0.3, 0.4) is 0 Å². The highest BCUT2D eigenvalue weighted by Gasteiger charge is 2.25. The van der Waals surface area contributed by atoms with Crippen LogP contribution in [-0.4, -0.2) is 140 Å². The Morgan fingerprint density at radius 2 is 0.869 bits per heavy atom. The molecular formula is C93H136Cl6N12O11. The smallest absolute Gasteiger partial charge is 0.407 e. The average molecular weight is 1820 g/mol. The van der Waals surface area contributed by atoms with E-state index in [2.05, 4.69) is 53.1 Å². The van der Waals surface area contributed by atoms with Crippen LogP contribution >= 0.6 is 69.6 Å². The molecule has 676 valence electrons. The zero-order valence-electron chi connectivity index (χ0n) is 80.8. The van der Waals surface area contributed by atoms with Gasteiger partial charge in [-0.05, 0) is 231 Å². The number of nitrogens with zero attached hydrogens (tertiary/aromatic N) is 8. The van der Waals surface area contributed by atoms with Crippen molar-refractivity contribution in [2.75, 3.05) is 29.6 Å². The number of aryl methyl sites for hydroxylation is 4. The molecule has 0 spiro atoms. The van der Waals surface area contributed by atoms with Crippen LogP contribution in [-0.2, 0) is 85.2 Å². The summed E-state index contributed by atoms with van der Waals surface area (Å²) in [7, 11) is 0.